The highest BCUT2D eigenvalue weighted by Crippen LogP contribution is 2.39. The maximum atomic E-state index is 13.3. The number of fused-ring (bicyclic) bond motifs is 1. The molecule has 9 heteroatoms. The number of rotatable bonds is 9. The summed E-state index contributed by atoms with van der Waals surface area (Å²) < 4.78 is 6.73. The van der Waals surface area contributed by atoms with Crippen molar-refractivity contribution < 1.29 is 14.3 Å². The van der Waals surface area contributed by atoms with Crippen LogP contribution in [-0.4, -0.2) is 39.9 Å². The van der Waals surface area contributed by atoms with Crippen molar-refractivity contribution >= 4 is 28.7 Å². The summed E-state index contributed by atoms with van der Waals surface area (Å²) in [6.07, 6.45) is 1.91. The van der Waals surface area contributed by atoms with Gasteiger partial charge in [0, 0.05) is 19.5 Å². The number of hydrazine groups is 1. The van der Waals surface area contributed by atoms with Crippen molar-refractivity contribution in [2.75, 3.05) is 19.1 Å². The zero-order valence-corrected chi connectivity index (χ0v) is 20.3. The lowest BCUT2D eigenvalue weighted by atomic mass is 9.93. The minimum absolute atomic E-state index is 0.0475. The number of amides is 2. The van der Waals surface area contributed by atoms with Crippen LogP contribution in [0.1, 0.15) is 44.7 Å². The lowest BCUT2D eigenvalue weighted by molar-refractivity contribution is -0.129. The Morgan fingerprint density at radius 1 is 1.11 bits per heavy atom. The maximum Gasteiger partial charge on any atom is 0.262 e. The van der Waals surface area contributed by atoms with E-state index in [1.54, 1.807) is 30.2 Å². The average Bonchev–Trinajstić information content (AvgIpc) is 3.22. The number of nitrogens with one attached hydrogen (secondary N) is 2. The molecule has 2 amide bonds. The fraction of sp³-hybridized carbons (Fsp3) is 0.385. The number of para-hydroxylation sites is 1. The van der Waals surface area contributed by atoms with Crippen LogP contribution in [0, 0.1) is 5.92 Å². The molecule has 0 saturated carbocycles. The number of methoxy groups -OCH3 is 1. The van der Waals surface area contributed by atoms with E-state index in [4.69, 9.17) is 4.74 Å². The Bertz CT molecular complexity index is 1270. The van der Waals surface area contributed by atoms with Crippen molar-refractivity contribution in [2.45, 2.75) is 45.7 Å². The van der Waals surface area contributed by atoms with Gasteiger partial charge in [-0.3, -0.25) is 29.8 Å². The molecule has 0 radical (unpaired) electrons. The Balaban J connectivity index is 1.59. The summed E-state index contributed by atoms with van der Waals surface area (Å²) in [6, 6.07) is 14.2. The summed E-state index contributed by atoms with van der Waals surface area (Å²) in [5, 5.41) is 0.513. The Morgan fingerprint density at radius 3 is 2.54 bits per heavy atom. The first kappa shape index (κ1) is 24.3. The van der Waals surface area contributed by atoms with E-state index in [1.807, 2.05) is 37.3 Å². The number of hydrogen-bond acceptors (Lipinski definition) is 6. The molecule has 0 unspecified atom stereocenters. The fourth-order valence-electron chi connectivity index (χ4n) is 4.60. The minimum Gasteiger partial charge on any atom is -0.497 e. The van der Waals surface area contributed by atoms with Crippen LogP contribution in [0.15, 0.2) is 53.3 Å². The number of hydrogen-bond donors (Lipinski definition) is 2. The van der Waals surface area contributed by atoms with Gasteiger partial charge in [0.15, 0.2) is 0 Å². The topological polar surface area (TPSA) is 106 Å². The van der Waals surface area contributed by atoms with Gasteiger partial charge in [-0.05, 0) is 43.2 Å². The van der Waals surface area contributed by atoms with Crippen LogP contribution in [0.2, 0.25) is 0 Å². The molecule has 2 atom stereocenters. The lowest BCUT2D eigenvalue weighted by Gasteiger charge is -2.28. The summed E-state index contributed by atoms with van der Waals surface area (Å²) >= 11 is 0. The van der Waals surface area contributed by atoms with Crippen LogP contribution in [0.25, 0.3) is 10.9 Å². The number of unbranched alkanes of at least 4 members (excludes halogenated alkanes) is 1. The molecule has 2 heterocycles. The van der Waals surface area contributed by atoms with E-state index >= 15 is 0 Å². The Morgan fingerprint density at radius 2 is 1.86 bits per heavy atom. The zero-order chi connectivity index (χ0) is 24.9. The van der Waals surface area contributed by atoms with Gasteiger partial charge in [-0.1, -0.05) is 37.6 Å². The number of carbonyl (C=O) groups is 2. The molecule has 2 aromatic carbocycles. The molecule has 1 aliphatic rings. The van der Waals surface area contributed by atoms with Gasteiger partial charge in [-0.2, -0.15) is 0 Å². The first-order valence-electron chi connectivity index (χ1n) is 12.0. The lowest BCUT2D eigenvalue weighted by Crippen LogP contribution is -2.40. The van der Waals surface area contributed by atoms with Crippen LogP contribution < -0.4 is 21.1 Å². The van der Waals surface area contributed by atoms with Gasteiger partial charge in [0.1, 0.15) is 5.75 Å². The highest BCUT2D eigenvalue weighted by atomic mass is 16.5. The highest BCUT2D eigenvalue weighted by molar-refractivity contribution is 5.91. The molecular formula is C26H31N5O4. The van der Waals surface area contributed by atoms with E-state index in [9.17, 15) is 14.4 Å². The second-order valence-corrected chi connectivity index (χ2v) is 8.59. The van der Waals surface area contributed by atoms with Gasteiger partial charge in [-0.15, -0.1) is 0 Å². The van der Waals surface area contributed by atoms with Gasteiger partial charge in [-0.25, -0.2) is 4.98 Å². The number of carbonyl (C=O) groups excluding carboxylic acids is 2. The fourth-order valence-corrected chi connectivity index (χ4v) is 4.60. The minimum atomic E-state index is -0.595. The van der Waals surface area contributed by atoms with Gasteiger partial charge >= 0.3 is 0 Å². The van der Waals surface area contributed by atoms with Crippen molar-refractivity contribution in [3.8, 4) is 5.75 Å². The molecule has 1 saturated heterocycles. The van der Waals surface area contributed by atoms with Crippen molar-refractivity contribution in [2.24, 2.45) is 5.92 Å². The molecule has 4 rings (SSSR count). The third-order valence-corrected chi connectivity index (χ3v) is 6.45. The molecular weight excluding hydrogens is 446 g/mol. The molecule has 184 valence electrons. The smallest absolute Gasteiger partial charge is 0.262 e. The summed E-state index contributed by atoms with van der Waals surface area (Å²) in [7, 11) is 1.60. The summed E-state index contributed by atoms with van der Waals surface area (Å²) in [6.45, 7) is 4.88. The van der Waals surface area contributed by atoms with Gasteiger partial charge < -0.3 is 9.64 Å². The van der Waals surface area contributed by atoms with Gasteiger partial charge in [0.2, 0.25) is 17.8 Å². The zero-order valence-electron chi connectivity index (χ0n) is 20.3. The second-order valence-electron chi connectivity index (χ2n) is 8.59. The number of likely N-dealkylation sites (tertiary alicyclic amines) is 1. The number of nitrogens with zero attached hydrogens (tertiary/aromatic N) is 3. The molecule has 0 spiro atoms. The molecule has 0 bridgehead atoms. The molecule has 9 nitrogen and oxygen atoms in total. The predicted molar refractivity (Wildman–Crippen MR) is 134 cm³/mol. The summed E-state index contributed by atoms with van der Waals surface area (Å²) in [5.41, 5.74) is 6.78. The van der Waals surface area contributed by atoms with E-state index in [2.05, 4.69) is 22.8 Å². The van der Waals surface area contributed by atoms with Gasteiger partial charge in [0.05, 0.1) is 30.0 Å². The molecule has 1 fully saturated rings. The van der Waals surface area contributed by atoms with Gasteiger partial charge in [0.25, 0.3) is 5.56 Å². The van der Waals surface area contributed by atoms with Crippen LogP contribution in [0.4, 0.5) is 5.95 Å². The average molecular weight is 478 g/mol. The highest BCUT2D eigenvalue weighted by Gasteiger charge is 2.44. The second kappa shape index (κ2) is 10.6. The van der Waals surface area contributed by atoms with Crippen LogP contribution in [0.3, 0.4) is 0 Å². The molecule has 3 aromatic rings. The number of ether oxygens (including phenoxy) is 1. The SMILES string of the molecule is CCCCN1C(=O)C[C@@H](C(=O)NNc2nc3ccccc3c(=O)n2CC)[C@H]1c1ccc(OC)cc1. The first-order chi connectivity index (χ1) is 17.0. The van der Waals surface area contributed by atoms with E-state index < -0.39 is 5.92 Å². The number of benzene rings is 2. The maximum absolute atomic E-state index is 13.3. The van der Waals surface area contributed by atoms with Crippen molar-refractivity contribution in [3.05, 3.63) is 64.4 Å². The van der Waals surface area contributed by atoms with E-state index in [0.717, 1.165) is 18.4 Å². The third-order valence-electron chi connectivity index (χ3n) is 6.45. The van der Waals surface area contributed by atoms with Crippen molar-refractivity contribution in [1.29, 1.82) is 0 Å². The molecule has 35 heavy (non-hydrogen) atoms. The monoisotopic (exact) mass is 477 g/mol. The van der Waals surface area contributed by atoms with E-state index in [0.29, 0.717) is 29.7 Å². The van der Waals surface area contributed by atoms with Crippen LogP contribution in [-0.2, 0) is 16.1 Å². The standard InChI is InChI=1S/C26H31N5O4/c1-4-6-15-31-22(32)16-20(23(31)17-11-13-18(35-3)14-12-17)24(33)28-29-26-27-21-10-8-7-9-19(21)25(34)30(26)5-2/h7-14,20,23H,4-6,15-16H2,1-3H3,(H,27,29)(H,28,33)/t20-,23-/m1/s1. The van der Waals surface area contributed by atoms with Crippen LogP contribution in [0.5, 0.6) is 5.75 Å². The first-order valence-corrected chi connectivity index (χ1v) is 12.0. The number of anilines is 1. The molecule has 1 aliphatic heterocycles. The largest absolute Gasteiger partial charge is 0.497 e. The normalized spacial score (nSPS) is 17.6. The quantitative estimate of drug-likeness (QED) is 0.459. The Kier molecular flexibility index (Phi) is 7.33. The summed E-state index contributed by atoms with van der Waals surface area (Å²) in [5.74, 6) is -0.0158. The van der Waals surface area contributed by atoms with E-state index in [-0.39, 0.29) is 35.8 Å². The Hall–Kier alpha value is -3.88. The molecule has 0 aliphatic carbocycles. The van der Waals surface area contributed by atoms with E-state index in [1.165, 1.54) is 4.57 Å². The third kappa shape index (κ3) is 4.84. The predicted octanol–water partition coefficient (Wildman–Crippen LogP) is 3.26. The molecule has 2 N–H and O–H groups in total. The van der Waals surface area contributed by atoms with Crippen molar-refractivity contribution in [1.82, 2.24) is 19.9 Å². The van der Waals surface area contributed by atoms with Crippen molar-refractivity contribution in [3.63, 3.8) is 0 Å². The molecule has 1 aromatic heterocycles. The Labute approximate surface area is 204 Å². The van der Waals surface area contributed by atoms with Crippen LogP contribution >= 0.6 is 0 Å². The summed E-state index contributed by atoms with van der Waals surface area (Å²) in [4.78, 5) is 45.4. The number of aromatic nitrogens is 2.